The monoisotopic (exact) mass is 719 g/mol. The van der Waals surface area contributed by atoms with Gasteiger partial charge in [-0.1, -0.05) is 161 Å². The van der Waals surface area contributed by atoms with Gasteiger partial charge in [0.25, 0.3) is 0 Å². The highest BCUT2D eigenvalue weighted by atomic mass is 16.3. The number of nitrogens with zero attached hydrogens (tertiary/aromatic N) is 1. The van der Waals surface area contributed by atoms with E-state index in [9.17, 15) is 0 Å². The predicted molar refractivity (Wildman–Crippen MR) is 234 cm³/mol. The van der Waals surface area contributed by atoms with Crippen LogP contribution in [0.3, 0.4) is 0 Å². The summed E-state index contributed by atoms with van der Waals surface area (Å²) in [6.45, 7) is 9.47. The van der Waals surface area contributed by atoms with E-state index in [-0.39, 0.29) is 10.8 Å². The van der Waals surface area contributed by atoms with Crippen molar-refractivity contribution < 1.29 is 4.42 Å². The van der Waals surface area contributed by atoms with E-state index in [1.54, 1.807) is 0 Å². The minimum atomic E-state index is -0.276. The summed E-state index contributed by atoms with van der Waals surface area (Å²) in [5, 5.41) is 2.25. The van der Waals surface area contributed by atoms with Gasteiger partial charge in [-0.25, -0.2) is 0 Å². The molecule has 0 bridgehead atoms. The average molecular weight is 720 g/mol. The Morgan fingerprint density at radius 3 is 1.73 bits per heavy atom. The maximum Gasteiger partial charge on any atom is 0.145 e. The highest BCUT2D eigenvalue weighted by molar-refractivity contribution is 6.19. The van der Waals surface area contributed by atoms with E-state index in [0.29, 0.717) is 0 Å². The Balaban J connectivity index is 1.18. The van der Waals surface area contributed by atoms with Crippen LogP contribution in [0.1, 0.15) is 49.9 Å². The molecule has 11 rings (SSSR count). The topological polar surface area (TPSA) is 16.4 Å². The molecule has 8 aromatic carbocycles. The van der Waals surface area contributed by atoms with E-state index in [2.05, 4.69) is 209 Å². The van der Waals surface area contributed by atoms with Crippen molar-refractivity contribution in [2.24, 2.45) is 0 Å². The van der Waals surface area contributed by atoms with Crippen molar-refractivity contribution in [1.29, 1.82) is 0 Å². The van der Waals surface area contributed by atoms with Crippen LogP contribution in [0.25, 0.3) is 66.4 Å². The van der Waals surface area contributed by atoms with Gasteiger partial charge in [-0.15, -0.1) is 0 Å². The van der Waals surface area contributed by atoms with Crippen molar-refractivity contribution >= 4 is 39.0 Å². The third-order valence-electron chi connectivity index (χ3n) is 12.7. The molecule has 2 nitrogen and oxygen atoms in total. The zero-order chi connectivity index (χ0) is 37.8. The third-order valence-corrected chi connectivity index (χ3v) is 12.7. The Morgan fingerprint density at radius 1 is 0.411 bits per heavy atom. The highest BCUT2D eigenvalue weighted by Gasteiger charge is 2.41. The van der Waals surface area contributed by atoms with Crippen LogP contribution in [0, 0.1) is 0 Å². The lowest BCUT2D eigenvalue weighted by molar-refractivity contribution is 0.653. The molecule has 0 atom stereocenters. The van der Waals surface area contributed by atoms with Crippen molar-refractivity contribution in [2.75, 3.05) is 4.90 Å². The van der Waals surface area contributed by atoms with Crippen LogP contribution >= 0.6 is 0 Å². The first-order valence-corrected chi connectivity index (χ1v) is 19.7. The molecule has 0 saturated heterocycles. The Labute approximate surface area is 328 Å². The molecule has 0 spiro atoms. The van der Waals surface area contributed by atoms with Crippen molar-refractivity contribution in [1.82, 2.24) is 0 Å². The number of fused-ring (bicyclic) bond motifs is 10. The number of furan rings is 1. The number of anilines is 3. The number of rotatable bonds is 5. The summed E-state index contributed by atoms with van der Waals surface area (Å²) < 4.78 is 7.02. The lowest BCUT2D eigenvalue weighted by Crippen LogP contribution is -2.18. The lowest BCUT2D eigenvalue weighted by atomic mass is 9.81. The van der Waals surface area contributed by atoms with E-state index >= 15 is 0 Å². The Morgan fingerprint density at radius 2 is 0.964 bits per heavy atom. The standard InChI is InChI=1S/C54H41NO/c1-53(2)44-21-13-11-19-40(44)41-30-28-39(32-46(41)53)55(38-26-23-36(24-27-38)34-15-7-5-8-16-34)48-33-47-50(52-51(48)43-20-12-14-22-49(43)56-52)42-29-25-37(31-45(42)54(47,3)4)35-17-9-6-10-18-35/h5-33H,1-4H3. The fourth-order valence-corrected chi connectivity index (χ4v) is 9.74. The second kappa shape index (κ2) is 11.9. The lowest BCUT2D eigenvalue weighted by Gasteiger charge is -2.30. The smallest absolute Gasteiger partial charge is 0.145 e. The first-order chi connectivity index (χ1) is 27.3. The van der Waals surface area contributed by atoms with Gasteiger partial charge in [-0.3, -0.25) is 0 Å². The van der Waals surface area contributed by atoms with Gasteiger partial charge in [0.2, 0.25) is 0 Å². The van der Waals surface area contributed by atoms with E-state index in [1.165, 1.54) is 66.8 Å². The number of hydrogen-bond acceptors (Lipinski definition) is 2. The molecule has 0 amide bonds. The van der Waals surface area contributed by atoms with Crippen molar-refractivity contribution in [3.05, 3.63) is 198 Å². The predicted octanol–water partition coefficient (Wildman–Crippen LogP) is 15.0. The third kappa shape index (κ3) is 4.69. The molecule has 9 aromatic rings. The maximum atomic E-state index is 7.02. The van der Waals surface area contributed by atoms with Crippen LogP contribution in [0.2, 0.25) is 0 Å². The molecule has 0 unspecified atom stereocenters. The first-order valence-electron chi connectivity index (χ1n) is 19.7. The fourth-order valence-electron chi connectivity index (χ4n) is 9.74. The summed E-state index contributed by atoms with van der Waals surface area (Å²) in [5.74, 6) is 0. The minimum Gasteiger partial charge on any atom is -0.455 e. The molecule has 0 N–H and O–H groups in total. The van der Waals surface area contributed by atoms with E-state index in [4.69, 9.17) is 4.42 Å². The molecular weight excluding hydrogens is 679 g/mol. The molecule has 0 radical (unpaired) electrons. The summed E-state index contributed by atoms with van der Waals surface area (Å²) in [5.41, 5.74) is 20.0. The van der Waals surface area contributed by atoms with Crippen LogP contribution in [-0.4, -0.2) is 0 Å². The largest absolute Gasteiger partial charge is 0.455 e. The van der Waals surface area contributed by atoms with Gasteiger partial charge >= 0.3 is 0 Å². The number of benzene rings is 8. The van der Waals surface area contributed by atoms with E-state index in [1.807, 2.05) is 0 Å². The van der Waals surface area contributed by atoms with Gasteiger partial charge in [0, 0.05) is 33.2 Å². The summed E-state index contributed by atoms with van der Waals surface area (Å²) in [7, 11) is 0. The Bertz CT molecular complexity index is 3000. The van der Waals surface area contributed by atoms with Crippen LogP contribution in [0.5, 0.6) is 0 Å². The van der Waals surface area contributed by atoms with Gasteiger partial charge in [0.15, 0.2) is 0 Å². The fraction of sp³-hybridized carbons (Fsp3) is 0.111. The minimum absolute atomic E-state index is 0.138. The second-order valence-corrected chi connectivity index (χ2v) is 16.5. The van der Waals surface area contributed by atoms with Crippen molar-refractivity contribution in [3.63, 3.8) is 0 Å². The molecule has 2 heteroatoms. The summed E-state index contributed by atoms with van der Waals surface area (Å²) in [6.07, 6.45) is 0. The van der Waals surface area contributed by atoms with Crippen LogP contribution in [-0.2, 0) is 10.8 Å². The van der Waals surface area contributed by atoms with Crippen LogP contribution < -0.4 is 4.90 Å². The molecule has 0 aliphatic heterocycles. The van der Waals surface area contributed by atoms with E-state index in [0.717, 1.165) is 39.0 Å². The summed E-state index contributed by atoms with van der Waals surface area (Å²) in [4.78, 5) is 2.48. The van der Waals surface area contributed by atoms with Crippen LogP contribution in [0.15, 0.2) is 180 Å². The number of para-hydroxylation sites is 1. The Hall–Kier alpha value is -6.64. The Kier molecular flexibility index (Phi) is 6.98. The van der Waals surface area contributed by atoms with Gasteiger partial charge in [0.1, 0.15) is 11.2 Å². The zero-order valence-corrected chi connectivity index (χ0v) is 32.1. The summed E-state index contributed by atoms with van der Waals surface area (Å²) >= 11 is 0. The molecule has 56 heavy (non-hydrogen) atoms. The molecular formula is C54H41NO. The molecule has 2 aliphatic carbocycles. The van der Waals surface area contributed by atoms with Gasteiger partial charge in [-0.05, 0) is 104 Å². The highest BCUT2D eigenvalue weighted by Crippen LogP contribution is 2.57. The molecule has 0 saturated carbocycles. The van der Waals surface area contributed by atoms with E-state index < -0.39 is 0 Å². The normalized spacial score (nSPS) is 14.4. The second-order valence-electron chi connectivity index (χ2n) is 16.5. The van der Waals surface area contributed by atoms with Crippen LogP contribution in [0.4, 0.5) is 17.1 Å². The molecule has 0 fully saturated rings. The average Bonchev–Trinajstić information content (AvgIpc) is 3.82. The quantitative estimate of drug-likeness (QED) is 0.176. The SMILES string of the molecule is CC1(C)c2ccccc2-c2ccc(N(c3ccc(-c4ccccc4)cc3)c3cc4c(c5oc6ccccc6c35)-c3ccc(-c5ccccc5)cc3C4(C)C)cc21. The number of hydrogen-bond donors (Lipinski definition) is 0. The van der Waals surface area contributed by atoms with Crippen molar-refractivity contribution in [3.8, 4) is 44.5 Å². The molecule has 1 aromatic heterocycles. The van der Waals surface area contributed by atoms with Crippen molar-refractivity contribution in [2.45, 2.75) is 38.5 Å². The zero-order valence-electron chi connectivity index (χ0n) is 32.1. The van der Waals surface area contributed by atoms with Gasteiger partial charge in [-0.2, -0.15) is 0 Å². The maximum absolute atomic E-state index is 7.02. The van der Waals surface area contributed by atoms with Gasteiger partial charge < -0.3 is 9.32 Å². The molecule has 1 heterocycles. The molecule has 2 aliphatic rings. The summed E-state index contributed by atoms with van der Waals surface area (Å²) in [6, 6.07) is 64.4. The first kappa shape index (κ1) is 32.8. The van der Waals surface area contributed by atoms with Gasteiger partial charge in [0.05, 0.1) is 11.1 Å². The molecule has 268 valence electrons.